The Kier molecular flexibility index (Phi) is 10.1. The number of pyridine rings is 2. The number of carbonyl (C=O) groups excluding carboxylic acids is 1. The van der Waals surface area contributed by atoms with Crippen LogP contribution >= 0.6 is 0 Å². The lowest BCUT2D eigenvalue weighted by Crippen LogP contribution is -2.16. The molecule has 0 bridgehead atoms. The number of nitrogens with one attached hydrogen (secondary N) is 2. The number of rotatable bonds is 10. The molecule has 2 N–H and O–H groups in total. The summed E-state index contributed by atoms with van der Waals surface area (Å²) in [6.45, 7) is 1.13. The number of ether oxygens (including phenoxy) is 4. The van der Waals surface area contributed by atoms with Crippen molar-refractivity contribution < 1.29 is 32.5 Å². The molecule has 38 heavy (non-hydrogen) atoms. The van der Waals surface area contributed by atoms with Crippen LogP contribution in [0.1, 0.15) is 10.4 Å². The number of aromatic nitrogens is 2. The lowest BCUT2D eigenvalue weighted by atomic mass is 10.1. The van der Waals surface area contributed by atoms with Gasteiger partial charge in [0.05, 0.1) is 31.0 Å². The molecule has 9 nitrogen and oxygen atoms in total. The lowest BCUT2D eigenvalue weighted by molar-refractivity contribution is 0.112. The van der Waals surface area contributed by atoms with Crippen LogP contribution in [0.4, 0.5) is 14.5 Å². The second-order valence-electron chi connectivity index (χ2n) is 7.61. The Morgan fingerprint density at radius 3 is 2.32 bits per heavy atom. The van der Waals surface area contributed by atoms with Gasteiger partial charge in [0, 0.05) is 43.6 Å². The molecular formula is C27H28F2N4O5. The number of hydrogen-bond acceptors (Lipinski definition) is 9. The zero-order valence-electron chi connectivity index (χ0n) is 21.4. The molecule has 4 aromatic rings. The Morgan fingerprint density at radius 2 is 1.66 bits per heavy atom. The van der Waals surface area contributed by atoms with E-state index in [1.807, 2.05) is 7.05 Å². The number of hydrogen-bond donors (Lipinski definition) is 2. The van der Waals surface area contributed by atoms with Gasteiger partial charge in [-0.1, -0.05) is 0 Å². The maximum atomic E-state index is 14.3. The number of fused-ring (bicyclic) bond motifs is 1. The first kappa shape index (κ1) is 28.1. The van der Waals surface area contributed by atoms with E-state index < -0.39 is 11.6 Å². The van der Waals surface area contributed by atoms with E-state index in [0.29, 0.717) is 58.9 Å². The average Bonchev–Trinajstić information content (AvgIpc) is 2.95. The van der Waals surface area contributed by atoms with E-state index in [0.717, 1.165) is 0 Å². The normalized spacial score (nSPS) is 10.3. The number of methoxy groups -OCH3 is 2. The number of halogens is 2. The van der Waals surface area contributed by atoms with Gasteiger partial charge in [0.25, 0.3) is 0 Å². The van der Waals surface area contributed by atoms with Crippen LogP contribution < -0.4 is 29.6 Å². The Balaban J connectivity index is 0.000000336. The standard InChI is InChI=1S/C20H21F2N3O3.C7H7NO2/c1-23-8-9-27-18-11-14-12(10-17(18)26-3)15(6-7-25-14)28-16-5-4-13(24-2)19(21)20(16)22;1-10-7-2-3-8-4-6(7)5-9/h4-7,10-11,23-24H,8-9H2,1-3H3;2-5H,1H3. The van der Waals surface area contributed by atoms with Crippen LogP contribution in [0.3, 0.4) is 0 Å². The fourth-order valence-corrected chi connectivity index (χ4v) is 3.34. The predicted octanol–water partition coefficient (Wildman–Crippen LogP) is 4.86. The van der Waals surface area contributed by atoms with Crippen LogP contribution in [0.25, 0.3) is 10.9 Å². The molecule has 0 aliphatic carbocycles. The van der Waals surface area contributed by atoms with Crippen LogP contribution in [0.15, 0.2) is 55.0 Å². The van der Waals surface area contributed by atoms with Gasteiger partial charge in [-0.25, -0.2) is 4.39 Å². The summed E-state index contributed by atoms with van der Waals surface area (Å²) in [5, 5.41) is 6.16. The van der Waals surface area contributed by atoms with Gasteiger partial charge in [0.15, 0.2) is 29.4 Å². The maximum absolute atomic E-state index is 14.3. The summed E-state index contributed by atoms with van der Waals surface area (Å²) in [6, 6.07) is 9.41. The highest BCUT2D eigenvalue weighted by molar-refractivity contribution is 5.88. The van der Waals surface area contributed by atoms with Crippen LogP contribution in [0.2, 0.25) is 0 Å². The molecule has 0 unspecified atom stereocenters. The number of carbonyl (C=O) groups is 1. The van der Waals surface area contributed by atoms with Crippen LogP contribution in [-0.4, -0.2) is 57.7 Å². The molecule has 0 spiro atoms. The number of aldehydes is 1. The summed E-state index contributed by atoms with van der Waals surface area (Å²) >= 11 is 0. The van der Waals surface area contributed by atoms with E-state index in [2.05, 4.69) is 20.6 Å². The van der Waals surface area contributed by atoms with Gasteiger partial charge >= 0.3 is 0 Å². The average molecular weight is 527 g/mol. The highest BCUT2D eigenvalue weighted by atomic mass is 19.2. The Hall–Kier alpha value is -4.51. The second-order valence-corrected chi connectivity index (χ2v) is 7.61. The van der Waals surface area contributed by atoms with Crippen molar-refractivity contribution in [2.24, 2.45) is 0 Å². The minimum atomic E-state index is -1.07. The van der Waals surface area contributed by atoms with Gasteiger partial charge in [-0.05, 0) is 37.4 Å². The predicted molar refractivity (Wildman–Crippen MR) is 140 cm³/mol. The molecule has 0 amide bonds. The first-order chi connectivity index (χ1) is 18.5. The van der Waals surface area contributed by atoms with Crippen molar-refractivity contribution in [3.05, 3.63) is 72.2 Å². The van der Waals surface area contributed by atoms with Crippen molar-refractivity contribution in [3.8, 4) is 28.7 Å². The van der Waals surface area contributed by atoms with Gasteiger partial charge in [-0.3, -0.25) is 14.8 Å². The van der Waals surface area contributed by atoms with E-state index in [-0.39, 0.29) is 11.4 Å². The summed E-state index contributed by atoms with van der Waals surface area (Å²) in [5.41, 5.74) is 1.10. The minimum absolute atomic E-state index is 0.0504. The summed E-state index contributed by atoms with van der Waals surface area (Å²) in [7, 11) is 6.38. The van der Waals surface area contributed by atoms with Crippen molar-refractivity contribution in [3.63, 3.8) is 0 Å². The summed E-state index contributed by atoms with van der Waals surface area (Å²) in [6.07, 6.45) is 5.28. The molecule has 0 aliphatic heterocycles. The third kappa shape index (κ3) is 6.62. The highest BCUT2D eigenvalue weighted by Crippen LogP contribution is 2.38. The molecule has 0 atom stereocenters. The van der Waals surface area contributed by atoms with Crippen LogP contribution in [0, 0.1) is 11.6 Å². The van der Waals surface area contributed by atoms with E-state index in [1.54, 1.807) is 30.5 Å². The monoisotopic (exact) mass is 526 g/mol. The topological polar surface area (TPSA) is 104 Å². The number of benzene rings is 2. The van der Waals surface area contributed by atoms with Gasteiger partial charge in [0.1, 0.15) is 18.1 Å². The SMILES string of the molecule is CNCCOc1cc2nccc(Oc3ccc(NC)c(F)c3F)c2cc1OC.COc1ccncc1C=O. The van der Waals surface area contributed by atoms with Crippen molar-refractivity contribution in [2.45, 2.75) is 0 Å². The summed E-state index contributed by atoms with van der Waals surface area (Å²) < 4.78 is 50.0. The molecule has 2 aromatic heterocycles. The molecule has 0 radical (unpaired) electrons. The van der Waals surface area contributed by atoms with Crippen LogP contribution in [0.5, 0.6) is 28.7 Å². The van der Waals surface area contributed by atoms with Crippen molar-refractivity contribution >= 4 is 22.9 Å². The lowest BCUT2D eigenvalue weighted by Gasteiger charge is -2.14. The molecule has 0 saturated carbocycles. The molecule has 2 heterocycles. The first-order valence-corrected chi connectivity index (χ1v) is 11.5. The fourth-order valence-electron chi connectivity index (χ4n) is 3.34. The summed E-state index contributed by atoms with van der Waals surface area (Å²) in [4.78, 5) is 18.3. The quantitative estimate of drug-likeness (QED) is 0.222. The molecule has 0 fully saturated rings. The largest absolute Gasteiger partial charge is 0.496 e. The molecule has 2 aromatic carbocycles. The zero-order valence-corrected chi connectivity index (χ0v) is 21.4. The van der Waals surface area contributed by atoms with Crippen molar-refractivity contribution in [1.82, 2.24) is 15.3 Å². The Bertz CT molecular complexity index is 1390. The van der Waals surface area contributed by atoms with Gasteiger partial charge < -0.3 is 29.6 Å². The highest BCUT2D eigenvalue weighted by Gasteiger charge is 2.17. The van der Waals surface area contributed by atoms with Crippen LogP contribution in [-0.2, 0) is 0 Å². The van der Waals surface area contributed by atoms with E-state index in [9.17, 15) is 13.6 Å². The van der Waals surface area contributed by atoms with Crippen molar-refractivity contribution in [2.75, 3.05) is 46.8 Å². The minimum Gasteiger partial charge on any atom is -0.496 e. The first-order valence-electron chi connectivity index (χ1n) is 11.5. The van der Waals surface area contributed by atoms with Gasteiger partial charge in [-0.2, -0.15) is 4.39 Å². The third-order valence-electron chi connectivity index (χ3n) is 5.29. The molecule has 4 rings (SSSR count). The zero-order chi connectivity index (χ0) is 27.5. The molecule has 200 valence electrons. The molecule has 0 aliphatic rings. The maximum Gasteiger partial charge on any atom is 0.203 e. The molecule has 0 saturated heterocycles. The molecular weight excluding hydrogens is 498 g/mol. The van der Waals surface area contributed by atoms with Crippen molar-refractivity contribution in [1.29, 1.82) is 0 Å². The second kappa shape index (κ2) is 13.7. The Morgan fingerprint density at radius 1 is 0.895 bits per heavy atom. The number of likely N-dealkylation sites (N-methyl/N-ethyl adjacent to an activating group) is 1. The smallest absolute Gasteiger partial charge is 0.203 e. The van der Waals surface area contributed by atoms with E-state index in [4.69, 9.17) is 18.9 Å². The number of anilines is 1. The summed E-state index contributed by atoms with van der Waals surface area (Å²) in [5.74, 6) is -0.404. The van der Waals surface area contributed by atoms with Gasteiger partial charge in [0.2, 0.25) is 5.82 Å². The van der Waals surface area contributed by atoms with E-state index >= 15 is 0 Å². The van der Waals surface area contributed by atoms with Gasteiger partial charge in [-0.15, -0.1) is 0 Å². The third-order valence-corrected chi connectivity index (χ3v) is 5.29. The number of nitrogens with zero attached hydrogens (tertiary/aromatic N) is 2. The van der Waals surface area contributed by atoms with E-state index in [1.165, 1.54) is 45.8 Å². The Labute approximate surface area is 218 Å². The molecule has 11 heteroatoms. The fraction of sp³-hybridized carbons (Fsp3) is 0.222.